The molecular weight excluding hydrogens is 250 g/mol. The topological polar surface area (TPSA) is 112 Å². The van der Waals surface area contributed by atoms with E-state index in [9.17, 15) is 14.7 Å². The first kappa shape index (κ1) is 14.9. The van der Waals surface area contributed by atoms with Gasteiger partial charge in [0.2, 0.25) is 0 Å². The Morgan fingerprint density at radius 1 is 1.37 bits per heavy atom. The number of aliphatic hydroxyl groups is 1. The van der Waals surface area contributed by atoms with Crippen molar-refractivity contribution in [1.82, 2.24) is 15.6 Å². The number of amides is 2. The quantitative estimate of drug-likeness (QED) is 0.568. The van der Waals surface area contributed by atoms with Crippen molar-refractivity contribution in [3.63, 3.8) is 0 Å². The lowest BCUT2D eigenvalue weighted by Gasteiger charge is -2.17. The summed E-state index contributed by atoms with van der Waals surface area (Å²) in [5.41, 5.74) is 1.01. The van der Waals surface area contributed by atoms with Crippen molar-refractivity contribution < 1.29 is 19.8 Å². The number of carboxylic acids is 1. The molecule has 2 atom stereocenters. The number of pyridine rings is 1. The minimum absolute atomic E-state index is 0.363. The molecule has 0 spiro atoms. The standard InChI is InChI=1S/C12H17N3O4/c1-8(16)10(11(17)18)15-12(19)14-7-4-9-2-5-13-6-3-9/h2-3,5-6,8,10,16H,4,7H2,1H3,(H,17,18)(H2,14,15,19)/t8-,10+/m1/s1. The van der Waals surface area contributed by atoms with Crippen LogP contribution in [0.15, 0.2) is 24.5 Å². The van der Waals surface area contributed by atoms with E-state index in [0.29, 0.717) is 13.0 Å². The zero-order valence-electron chi connectivity index (χ0n) is 10.5. The van der Waals surface area contributed by atoms with E-state index in [-0.39, 0.29) is 0 Å². The van der Waals surface area contributed by atoms with Crippen LogP contribution < -0.4 is 10.6 Å². The normalized spacial score (nSPS) is 13.4. The summed E-state index contributed by atoms with van der Waals surface area (Å²) in [6.07, 6.45) is 2.76. The van der Waals surface area contributed by atoms with Gasteiger partial charge in [-0.3, -0.25) is 4.98 Å². The van der Waals surface area contributed by atoms with E-state index in [1.54, 1.807) is 12.4 Å². The molecule has 0 aliphatic heterocycles. The molecule has 0 saturated carbocycles. The third kappa shape index (κ3) is 5.35. The summed E-state index contributed by atoms with van der Waals surface area (Å²) in [6.45, 7) is 1.66. The number of urea groups is 1. The molecule has 7 heteroatoms. The number of nitrogens with one attached hydrogen (secondary N) is 2. The Labute approximate surface area is 110 Å². The molecule has 2 amide bonds. The Balaban J connectivity index is 2.33. The Morgan fingerprint density at radius 3 is 2.53 bits per heavy atom. The number of aliphatic carboxylic acids is 1. The molecule has 1 heterocycles. The number of hydrogen-bond acceptors (Lipinski definition) is 4. The first-order valence-corrected chi connectivity index (χ1v) is 5.85. The van der Waals surface area contributed by atoms with Gasteiger partial charge in [-0.2, -0.15) is 0 Å². The predicted molar refractivity (Wildman–Crippen MR) is 67.6 cm³/mol. The highest BCUT2D eigenvalue weighted by molar-refractivity contribution is 5.82. The van der Waals surface area contributed by atoms with Crippen LogP contribution in [0.1, 0.15) is 12.5 Å². The van der Waals surface area contributed by atoms with Crippen LogP contribution in [0, 0.1) is 0 Å². The van der Waals surface area contributed by atoms with Crippen molar-refractivity contribution in [2.24, 2.45) is 0 Å². The van der Waals surface area contributed by atoms with E-state index >= 15 is 0 Å². The maximum absolute atomic E-state index is 11.4. The molecule has 0 unspecified atom stereocenters. The number of nitrogens with zero attached hydrogens (tertiary/aromatic N) is 1. The van der Waals surface area contributed by atoms with Crippen molar-refractivity contribution in [2.75, 3.05) is 6.54 Å². The van der Waals surface area contributed by atoms with Crippen LogP contribution >= 0.6 is 0 Å². The van der Waals surface area contributed by atoms with Gasteiger partial charge in [-0.05, 0) is 31.0 Å². The average Bonchev–Trinajstić information content (AvgIpc) is 2.36. The number of carboxylic acid groups (broad SMARTS) is 1. The Hall–Kier alpha value is -2.15. The second-order valence-electron chi connectivity index (χ2n) is 4.06. The molecule has 0 bridgehead atoms. The van der Waals surface area contributed by atoms with E-state index in [1.165, 1.54) is 6.92 Å². The minimum Gasteiger partial charge on any atom is -0.480 e. The molecule has 1 aromatic rings. The molecule has 4 N–H and O–H groups in total. The van der Waals surface area contributed by atoms with Crippen LogP contribution in [0.5, 0.6) is 0 Å². The highest BCUT2D eigenvalue weighted by atomic mass is 16.4. The first-order valence-electron chi connectivity index (χ1n) is 5.85. The summed E-state index contributed by atoms with van der Waals surface area (Å²) in [5.74, 6) is -1.28. The Morgan fingerprint density at radius 2 is 2.00 bits per heavy atom. The fraction of sp³-hybridized carbons (Fsp3) is 0.417. The van der Waals surface area contributed by atoms with Gasteiger partial charge >= 0.3 is 12.0 Å². The number of aliphatic hydroxyl groups excluding tert-OH is 1. The second kappa shape index (κ2) is 7.32. The minimum atomic E-state index is -1.32. The van der Waals surface area contributed by atoms with Crippen LogP contribution in [-0.2, 0) is 11.2 Å². The summed E-state index contributed by atoms with van der Waals surface area (Å²) < 4.78 is 0. The molecule has 0 aliphatic carbocycles. The van der Waals surface area contributed by atoms with Crippen LogP contribution in [0.4, 0.5) is 4.79 Å². The Kier molecular flexibility index (Phi) is 5.74. The van der Waals surface area contributed by atoms with Crippen LogP contribution in [0.25, 0.3) is 0 Å². The van der Waals surface area contributed by atoms with E-state index in [0.717, 1.165) is 5.56 Å². The largest absolute Gasteiger partial charge is 0.480 e. The molecule has 1 aromatic heterocycles. The van der Waals surface area contributed by atoms with E-state index in [4.69, 9.17) is 5.11 Å². The highest BCUT2D eigenvalue weighted by Gasteiger charge is 2.24. The second-order valence-corrected chi connectivity index (χ2v) is 4.06. The van der Waals surface area contributed by atoms with Crippen molar-refractivity contribution in [3.05, 3.63) is 30.1 Å². The van der Waals surface area contributed by atoms with Gasteiger partial charge in [0.1, 0.15) is 0 Å². The summed E-state index contributed by atoms with van der Waals surface area (Å²) >= 11 is 0. The van der Waals surface area contributed by atoms with E-state index in [2.05, 4.69) is 15.6 Å². The summed E-state index contributed by atoms with van der Waals surface area (Å²) in [4.78, 5) is 26.1. The molecule has 19 heavy (non-hydrogen) atoms. The molecule has 0 radical (unpaired) electrons. The lowest BCUT2D eigenvalue weighted by atomic mass is 10.2. The van der Waals surface area contributed by atoms with Gasteiger partial charge in [-0.1, -0.05) is 0 Å². The van der Waals surface area contributed by atoms with Crippen LogP contribution in [0.3, 0.4) is 0 Å². The van der Waals surface area contributed by atoms with Crippen LogP contribution in [-0.4, -0.2) is 45.9 Å². The van der Waals surface area contributed by atoms with Crippen LogP contribution in [0.2, 0.25) is 0 Å². The van der Waals surface area contributed by atoms with Crippen molar-refractivity contribution in [1.29, 1.82) is 0 Å². The van der Waals surface area contributed by atoms with Crippen molar-refractivity contribution in [2.45, 2.75) is 25.5 Å². The molecule has 1 rings (SSSR count). The molecule has 0 aromatic carbocycles. The average molecular weight is 267 g/mol. The third-order valence-electron chi connectivity index (χ3n) is 2.48. The third-order valence-corrected chi connectivity index (χ3v) is 2.48. The molecule has 0 aliphatic rings. The van der Waals surface area contributed by atoms with Crippen molar-refractivity contribution in [3.8, 4) is 0 Å². The monoisotopic (exact) mass is 267 g/mol. The van der Waals surface area contributed by atoms with Crippen molar-refractivity contribution >= 4 is 12.0 Å². The van der Waals surface area contributed by atoms with E-state index in [1.807, 2.05) is 12.1 Å². The predicted octanol–water partition coefficient (Wildman–Crippen LogP) is -0.243. The molecular formula is C12H17N3O4. The number of rotatable bonds is 6. The summed E-state index contributed by atoms with van der Waals surface area (Å²) in [6, 6.07) is 1.72. The fourth-order valence-electron chi connectivity index (χ4n) is 1.45. The summed E-state index contributed by atoms with van der Waals surface area (Å²) in [7, 11) is 0. The number of carbonyl (C=O) groups excluding carboxylic acids is 1. The Bertz CT molecular complexity index is 422. The van der Waals surface area contributed by atoms with Gasteiger partial charge in [0.25, 0.3) is 0 Å². The number of hydrogen-bond donors (Lipinski definition) is 4. The maximum atomic E-state index is 11.4. The highest BCUT2D eigenvalue weighted by Crippen LogP contribution is 1.96. The molecule has 0 saturated heterocycles. The summed E-state index contributed by atoms with van der Waals surface area (Å²) in [5, 5.41) is 22.7. The first-order chi connectivity index (χ1) is 9.00. The van der Waals surface area contributed by atoms with Gasteiger partial charge < -0.3 is 20.8 Å². The molecule has 0 fully saturated rings. The SMILES string of the molecule is C[C@@H](O)[C@H](NC(=O)NCCc1ccncc1)C(=O)O. The zero-order chi connectivity index (χ0) is 14.3. The van der Waals surface area contributed by atoms with Gasteiger partial charge in [-0.25, -0.2) is 9.59 Å². The fourth-order valence-corrected chi connectivity index (χ4v) is 1.45. The van der Waals surface area contributed by atoms with Gasteiger partial charge in [0.15, 0.2) is 6.04 Å². The lowest BCUT2D eigenvalue weighted by molar-refractivity contribution is -0.141. The maximum Gasteiger partial charge on any atom is 0.328 e. The smallest absolute Gasteiger partial charge is 0.328 e. The lowest BCUT2D eigenvalue weighted by Crippen LogP contribution is -2.51. The zero-order valence-corrected chi connectivity index (χ0v) is 10.5. The van der Waals surface area contributed by atoms with Gasteiger partial charge in [0.05, 0.1) is 6.10 Å². The number of carbonyl (C=O) groups is 2. The molecule has 7 nitrogen and oxygen atoms in total. The van der Waals surface area contributed by atoms with E-state index < -0.39 is 24.1 Å². The molecule has 104 valence electrons. The van der Waals surface area contributed by atoms with Gasteiger partial charge in [0, 0.05) is 18.9 Å². The van der Waals surface area contributed by atoms with Gasteiger partial charge in [-0.15, -0.1) is 0 Å². The number of aromatic nitrogens is 1.